The van der Waals surface area contributed by atoms with E-state index in [-0.39, 0.29) is 5.91 Å². The zero-order chi connectivity index (χ0) is 17.5. The fraction of sp³-hybridized carbons (Fsp3) is 0.333. The number of nitrogens with zero attached hydrogens (tertiary/aromatic N) is 1. The molecule has 1 aromatic carbocycles. The number of thioether (sulfide) groups is 1. The Bertz CT molecular complexity index is 728. The molecule has 1 aromatic heterocycles. The molecule has 5 nitrogen and oxygen atoms in total. The van der Waals surface area contributed by atoms with Crippen molar-refractivity contribution in [1.82, 2.24) is 10.3 Å². The van der Waals surface area contributed by atoms with E-state index in [0.29, 0.717) is 48.5 Å². The van der Waals surface area contributed by atoms with Crippen molar-refractivity contribution < 1.29 is 14.3 Å². The van der Waals surface area contributed by atoms with Crippen LogP contribution in [0.1, 0.15) is 11.1 Å². The molecule has 1 amide bonds. The number of pyridine rings is 1. The number of rotatable bonds is 7. The van der Waals surface area contributed by atoms with Crippen molar-refractivity contribution >= 4 is 29.3 Å². The third-order valence-corrected chi connectivity index (χ3v) is 4.93. The minimum absolute atomic E-state index is 0.0303. The van der Waals surface area contributed by atoms with E-state index >= 15 is 0 Å². The monoisotopic (exact) mass is 378 g/mol. The maximum absolute atomic E-state index is 11.9. The molecule has 0 unspecified atom stereocenters. The molecule has 2 heterocycles. The summed E-state index contributed by atoms with van der Waals surface area (Å²) in [6, 6.07) is 7.69. The highest BCUT2D eigenvalue weighted by Gasteiger charge is 2.16. The highest BCUT2D eigenvalue weighted by atomic mass is 35.5. The van der Waals surface area contributed by atoms with Gasteiger partial charge in [-0.2, -0.15) is 0 Å². The number of aromatic nitrogens is 1. The van der Waals surface area contributed by atoms with Crippen LogP contribution in [-0.2, 0) is 17.0 Å². The number of hydrogen-bond acceptors (Lipinski definition) is 5. The molecule has 0 saturated heterocycles. The van der Waals surface area contributed by atoms with Crippen LogP contribution in [0.15, 0.2) is 36.7 Å². The summed E-state index contributed by atoms with van der Waals surface area (Å²) in [5.41, 5.74) is 2.18. The Labute approximate surface area is 156 Å². The topological polar surface area (TPSA) is 60.5 Å². The summed E-state index contributed by atoms with van der Waals surface area (Å²) < 4.78 is 11.1. The molecule has 1 N–H and O–H groups in total. The van der Waals surface area contributed by atoms with E-state index < -0.39 is 0 Å². The third-order valence-electron chi connectivity index (χ3n) is 3.64. The minimum Gasteiger partial charge on any atom is -0.486 e. The average molecular weight is 379 g/mol. The normalized spacial score (nSPS) is 12.7. The molecule has 2 aromatic rings. The summed E-state index contributed by atoms with van der Waals surface area (Å²) in [6.45, 7) is 1.60. The average Bonchev–Trinajstić information content (AvgIpc) is 2.63. The molecule has 0 aliphatic carbocycles. The molecule has 0 spiro atoms. The van der Waals surface area contributed by atoms with Crippen LogP contribution in [0.4, 0.5) is 0 Å². The molecule has 0 radical (unpaired) electrons. The first-order chi connectivity index (χ1) is 12.2. The SMILES string of the molecule is O=C(CSCc1ccncc1)NCCc1cc(Cl)c2c(c1)OCCO2. The van der Waals surface area contributed by atoms with Crippen LogP contribution in [0.5, 0.6) is 11.5 Å². The van der Waals surface area contributed by atoms with Crippen molar-refractivity contribution in [2.24, 2.45) is 0 Å². The lowest BCUT2D eigenvalue weighted by atomic mass is 10.1. The zero-order valence-electron chi connectivity index (χ0n) is 13.7. The maximum atomic E-state index is 11.9. The summed E-state index contributed by atoms with van der Waals surface area (Å²) in [4.78, 5) is 15.9. The number of carbonyl (C=O) groups is 1. The van der Waals surface area contributed by atoms with Crippen molar-refractivity contribution in [3.05, 3.63) is 52.8 Å². The van der Waals surface area contributed by atoms with Crippen LogP contribution in [0.3, 0.4) is 0 Å². The Kier molecular flexibility index (Phi) is 6.42. The molecular weight excluding hydrogens is 360 g/mol. The van der Waals surface area contributed by atoms with Gasteiger partial charge in [-0.15, -0.1) is 11.8 Å². The number of ether oxygens (including phenoxy) is 2. The van der Waals surface area contributed by atoms with Gasteiger partial charge in [-0.1, -0.05) is 11.6 Å². The fourth-order valence-electron chi connectivity index (χ4n) is 2.45. The van der Waals surface area contributed by atoms with Gasteiger partial charge in [0.1, 0.15) is 13.2 Å². The van der Waals surface area contributed by atoms with E-state index in [9.17, 15) is 4.79 Å². The van der Waals surface area contributed by atoms with Crippen LogP contribution < -0.4 is 14.8 Å². The van der Waals surface area contributed by atoms with E-state index in [1.165, 1.54) is 5.56 Å². The lowest BCUT2D eigenvalue weighted by Gasteiger charge is -2.20. The molecule has 0 fully saturated rings. The Balaban J connectivity index is 1.40. The molecule has 7 heteroatoms. The number of fused-ring (bicyclic) bond motifs is 1. The minimum atomic E-state index is 0.0303. The van der Waals surface area contributed by atoms with Gasteiger partial charge < -0.3 is 14.8 Å². The van der Waals surface area contributed by atoms with Crippen molar-refractivity contribution in [3.63, 3.8) is 0 Å². The van der Waals surface area contributed by atoms with Gasteiger partial charge >= 0.3 is 0 Å². The Morgan fingerprint density at radius 3 is 2.84 bits per heavy atom. The zero-order valence-corrected chi connectivity index (χ0v) is 15.2. The molecule has 0 atom stereocenters. The standard InChI is InChI=1S/C18H19ClN2O3S/c19-15-9-14(10-16-18(15)24-8-7-23-16)3-6-21-17(22)12-25-11-13-1-4-20-5-2-13/h1-2,4-5,9-10H,3,6-8,11-12H2,(H,21,22). The quantitative estimate of drug-likeness (QED) is 0.802. The molecule has 132 valence electrons. The van der Waals surface area contributed by atoms with E-state index in [1.807, 2.05) is 24.3 Å². The van der Waals surface area contributed by atoms with Crippen molar-refractivity contribution in [2.45, 2.75) is 12.2 Å². The maximum Gasteiger partial charge on any atom is 0.230 e. The Morgan fingerprint density at radius 2 is 2.00 bits per heavy atom. The van der Waals surface area contributed by atoms with Crippen LogP contribution >= 0.6 is 23.4 Å². The molecule has 1 aliphatic heterocycles. The second-order valence-corrected chi connectivity index (χ2v) is 6.94. The summed E-state index contributed by atoms with van der Waals surface area (Å²) in [7, 11) is 0. The first-order valence-electron chi connectivity index (χ1n) is 8.04. The molecule has 0 saturated carbocycles. The largest absolute Gasteiger partial charge is 0.486 e. The number of nitrogens with one attached hydrogen (secondary N) is 1. The summed E-state index contributed by atoms with van der Waals surface area (Å²) in [6.07, 6.45) is 4.21. The number of amides is 1. The summed E-state index contributed by atoms with van der Waals surface area (Å²) >= 11 is 7.80. The molecule has 1 aliphatic rings. The van der Waals surface area contributed by atoms with E-state index in [1.54, 1.807) is 24.2 Å². The van der Waals surface area contributed by atoms with Gasteiger partial charge in [0.25, 0.3) is 0 Å². The smallest absolute Gasteiger partial charge is 0.230 e. The van der Waals surface area contributed by atoms with Crippen LogP contribution in [0, 0.1) is 0 Å². The molecule has 0 bridgehead atoms. The van der Waals surface area contributed by atoms with Gasteiger partial charge in [-0.05, 0) is 41.8 Å². The van der Waals surface area contributed by atoms with Gasteiger partial charge in [0.15, 0.2) is 11.5 Å². The third kappa shape index (κ3) is 5.28. The van der Waals surface area contributed by atoms with Crippen LogP contribution in [0.2, 0.25) is 5.02 Å². The number of hydrogen-bond donors (Lipinski definition) is 1. The molecule has 25 heavy (non-hydrogen) atoms. The van der Waals surface area contributed by atoms with E-state index in [0.717, 1.165) is 11.3 Å². The lowest BCUT2D eigenvalue weighted by molar-refractivity contribution is -0.118. The lowest BCUT2D eigenvalue weighted by Crippen LogP contribution is -2.27. The van der Waals surface area contributed by atoms with Gasteiger partial charge in [-0.3, -0.25) is 9.78 Å². The first-order valence-corrected chi connectivity index (χ1v) is 9.57. The summed E-state index contributed by atoms with van der Waals surface area (Å²) in [5.74, 6) is 2.54. The number of carbonyl (C=O) groups excluding carboxylic acids is 1. The Hall–Kier alpha value is -1.92. The van der Waals surface area contributed by atoms with Crippen LogP contribution in [-0.4, -0.2) is 36.4 Å². The molecular formula is C18H19ClN2O3S. The van der Waals surface area contributed by atoms with E-state index in [2.05, 4.69) is 10.3 Å². The van der Waals surface area contributed by atoms with Crippen molar-refractivity contribution in [2.75, 3.05) is 25.5 Å². The van der Waals surface area contributed by atoms with Gasteiger partial charge in [0, 0.05) is 24.7 Å². The number of halogens is 1. The second kappa shape index (κ2) is 8.97. The van der Waals surface area contributed by atoms with E-state index in [4.69, 9.17) is 21.1 Å². The van der Waals surface area contributed by atoms with Gasteiger partial charge in [0.2, 0.25) is 5.91 Å². The highest BCUT2D eigenvalue weighted by Crippen LogP contribution is 2.38. The predicted molar refractivity (Wildman–Crippen MR) is 99.6 cm³/mol. The summed E-state index contributed by atoms with van der Waals surface area (Å²) in [5, 5.41) is 3.48. The van der Waals surface area contributed by atoms with Crippen LogP contribution in [0.25, 0.3) is 0 Å². The Morgan fingerprint density at radius 1 is 1.20 bits per heavy atom. The van der Waals surface area contributed by atoms with Gasteiger partial charge in [-0.25, -0.2) is 0 Å². The van der Waals surface area contributed by atoms with Crippen molar-refractivity contribution in [1.29, 1.82) is 0 Å². The second-order valence-electron chi connectivity index (χ2n) is 5.55. The van der Waals surface area contributed by atoms with Crippen molar-refractivity contribution in [3.8, 4) is 11.5 Å². The van der Waals surface area contributed by atoms with Gasteiger partial charge in [0.05, 0.1) is 10.8 Å². The fourth-order valence-corrected chi connectivity index (χ4v) is 3.55. The first kappa shape index (κ1) is 17.9. The predicted octanol–water partition coefficient (Wildman–Crippen LogP) is 3.10. The highest BCUT2D eigenvalue weighted by molar-refractivity contribution is 7.99. The number of benzene rings is 1. The molecule has 3 rings (SSSR count).